The van der Waals surface area contributed by atoms with E-state index in [1.54, 1.807) is 47.6 Å². The minimum absolute atomic E-state index is 0.143. The van der Waals surface area contributed by atoms with Gasteiger partial charge >= 0.3 is 11.9 Å². The van der Waals surface area contributed by atoms with E-state index in [1.807, 2.05) is 36.4 Å². The highest BCUT2D eigenvalue weighted by Crippen LogP contribution is 2.30. The molecule has 0 aromatic heterocycles. The van der Waals surface area contributed by atoms with Crippen LogP contribution in [0.25, 0.3) is 0 Å². The molecular formula is C40H55NO9S. The third kappa shape index (κ3) is 17.6. The normalized spacial score (nSPS) is 11.4. The van der Waals surface area contributed by atoms with E-state index in [2.05, 4.69) is 0 Å². The molecular weight excluding hydrogens is 671 g/mol. The first-order valence-electron chi connectivity index (χ1n) is 17.9. The molecule has 0 saturated heterocycles. The number of anilines is 1. The first-order valence-corrected chi connectivity index (χ1v) is 19.5. The Balaban J connectivity index is 1.40. The van der Waals surface area contributed by atoms with Crippen LogP contribution in [0.2, 0.25) is 0 Å². The number of hydrogen-bond donors (Lipinski definition) is 0. The standard InChI is InChI=1S/C40H55NO9S/c1-45-39(42)31-41(32-40(43)46-2)33-28-36(30-37(29-33)50-27-17-26-48-35-20-22-38(23-21-35)51(3)44)49-25-16-11-9-7-5-4-6-8-10-15-24-47-34-18-13-12-14-19-34/h12-14,18-23,28-30H,4-11,15-17,24-27,31-32H2,1-3H3. The molecule has 0 N–H and O–H groups in total. The molecule has 1 atom stereocenters. The van der Waals surface area contributed by atoms with Gasteiger partial charge in [-0.15, -0.1) is 0 Å². The average Bonchev–Trinajstić information content (AvgIpc) is 3.14. The lowest BCUT2D eigenvalue weighted by molar-refractivity contribution is -0.140. The molecule has 0 aliphatic carbocycles. The number of hydrogen-bond acceptors (Lipinski definition) is 10. The maximum Gasteiger partial charge on any atom is 0.325 e. The lowest BCUT2D eigenvalue weighted by atomic mass is 10.1. The van der Waals surface area contributed by atoms with Crippen LogP contribution in [0, 0.1) is 0 Å². The second-order valence-electron chi connectivity index (χ2n) is 12.2. The zero-order valence-electron chi connectivity index (χ0n) is 30.5. The number of unbranched alkanes of at least 4 members (excludes halogenated alkanes) is 9. The van der Waals surface area contributed by atoms with E-state index >= 15 is 0 Å². The average molecular weight is 726 g/mol. The summed E-state index contributed by atoms with van der Waals surface area (Å²) in [6.07, 6.45) is 14.0. The molecule has 1 unspecified atom stereocenters. The molecule has 0 fully saturated rings. The van der Waals surface area contributed by atoms with Crippen molar-refractivity contribution in [2.24, 2.45) is 0 Å². The van der Waals surface area contributed by atoms with Gasteiger partial charge in [0.15, 0.2) is 4.90 Å². The monoisotopic (exact) mass is 725 g/mol. The number of para-hydroxylation sites is 1. The molecule has 3 aromatic rings. The summed E-state index contributed by atoms with van der Waals surface area (Å²) in [7, 11) is 2.61. The topological polar surface area (TPSA) is 116 Å². The van der Waals surface area contributed by atoms with Crippen molar-refractivity contribution in [3.63, 3.8) is 0 Å². The van der Waals surface area contributed by atoms with Crippen molar-refractivity contribution < 1.29 is 42.6 Å². The smallest absolute Gasteiger partial charge is 0.325 e. The maximum atomic E-state index is 12.2. The molecule has 0 spiro atoms. The van der Waals surface area contributed by atoms with Gasteiger partial charge < -0.3 is 37.9 Å². The Morgan fingerprint density at radius 1 is 0.549 bits per heavy atom. The Hall–Kier alpha value is -4.09. The number of carbonyl (C=O) groups is 2. The van der Waals surface area contributed by atoms with Crippen LogP contribution in [0.1, 0.15) is 70.6 Å². The van der Waals surface area contributed by atoms with Gasteiger partial charge in [-0.3, -0.25) is 9.59 Å². The fourth-order valence-corrected chi connectivity index (χ4v) is 5.79. The molecule has 11 heteroatoms. The van der Waals surface area contributed by atoms with Crippen molar-refractivity contribution in [2.75, 3.05) is 64.9 Å². The van der Waals surface area contributed by atoms with Crippen molar-refractivity contribution in [1.29, 1.82) is 0 Å². The maximum absolute atomic E-state index is 12.2. The minimum Gasteiger partial charge on any atom is -0.612 e. The van der Waals surface area contributed by atoms with Gasteiger partial charge in [0, 0.05) is 30.3 Å². The van der Waals surface area contributed by atoms with Crippen molar-refractivity contribution in [3.05, 3.63) is 72.8 Å². The second kappa shape index (κ2) is 25.0. The summed E-state index contributed by atoms with van der Waals surface area (Å²) < 4.78 is 45.1. The highest BCUT2D eigenvalue weighted by molar-refractivity contribution is 7.90. The fourth-order valence-electron chi connectivity index (χ4n) is 5.27. The molecule has 0 radical (unpaired) electrons. The van der Waals surface area contributed by atoms with Gasteiger partial charge in [-0.1, -0.05) is 69.6 Å². The predicted octanol–water partition coefficient (Wildman–Crippen LogP) is 7.78. The Morgan fingerprint density at radius 2 is 0.961 bits per heavy atom. The van der Waals surface area contributed by atoms with Crippen LogP contribution in [0.15, 0.2) is 77.7 Å². The molecule has 51 heavy (non-hydrogen) atoms. The van der Waals surface area contributed by atoms with E-state index < -0.39 is 23.1 Å². The third-order valence-corrected chi connectivity index (χ3v) is 9.06. The lowest BCUT2D eigenvalue weighted by Gasteiger charge is -2.23. The highest BCUT2D eigenvalue weighted by Gasteiger charge is 2.18. The van der Waals surface area contributed by atoms with Crippen molar-refractivity contribution in [3.8, 4) is 23.0 Å². The first-order chi connectivity index (χ1) is 24.9. The summed E-state index contributed by atoms with van der Waals surface area (Å²) in [5, 5.41) is 0. The molecule has 0 saturated carbocycles. The quantitative estimate of drug-likeness (QED) is 0.0438. The Kier molecular flexibility index (Phi) is 20.2. The lowest BCUT2D eigenvalue weighted by Crippen LogP contribution is -2.35. The second-order valence-corrected chi connectivity index (χ2v) is 13.6. The molecule has 0 aliphatic heterocycles. The molecule has 0 amide bonds. The van der Waals surface area contributed by atoms with E-state index in [4.69, 9.17) is 28.4 Å². The van der Waals surface area contributed by atoms with Gasteiger partial charge in [0.25, 0.3) is 0 Å². The molecule has 3 rings (SSSR count). The summed E-state index contributed by atoms with van der Waals surface area (Å²) in [5.41, 5.74) is 0.576. The van der Waals surface area contributed by atoms with Crippen molar-refractivity contribution in [2.45, 2.75) is 75.5 Å². The number of nitrogens with zero attached hydrogens (tertiary/aromatic N) is 1. The van der Waals surface area contributed by atoms with Crippen LogP contribution in [0.5, 0.6) is 23.0 Å². The zero-order chi connectivity index (χ0) is 36.5. The van der Waals surface area contributed by atoms with Crippen LogP contribution in [-0.2, 0) is 30.2 Å². The minimum atomic E-state index is -1.04. The summed E-state index contributed by atoms with van der Waals surface area (Å²) in [6.45, 7) is 1.84. The Bertz CT molecular complexity index is 1370. The summed E-state index contributed by atoms with van der Waals surface area (Å²) in [5.74, 6) is 1.79. The van der Waals surface area contributed by atoms with Crippen LogP contribution >= 0.6 is 0 Å². The Labute approximate surface area is 306 Å². The summed E-state index contributed by atoms with van der Waals surface area (Å²) >= 11 is -1.04. The molecule has 10 nitrogen and oxygen atoms in total. The van der Waals surface area contributed by atoms with Gasteiger partial charge in [0.05, 0.1) is 40.6 Å². The molecule has 0 aliphatic rings. The molecule has 0 heterocycles. The third-order valence-electron chi connectivity index (χ3n) is 8.13. The number of benzene rings is 3. The van der Waals surface area contributed by atoms with Gasteiger partial charge in [0.2, 0.25) is 0 Å². The highest BCUT2D eigenvalue weighted by atomic mass is 32.2. The van der Waals surface area contributed by atoms with Gasteiger partial charge in [0.1, 0.15) is 42.3 Å². The fraction of sp³-hybridized carbons (Fsp3) is 0.500. The zero-order valence-corrected chi connectivity index (χ0v) is 31.3. The van der Waals surface area contributed by atoms with Crippen molar-refractivity contribution >= 4 is 28.8 Å². The first kappa shape index (κ1) is 41.3. The summed E-state index contributed by atoms with van der Waals surface area (Å²) in [6, 6.07) is 22.5. The van der Waals surface area contributed by atoms with Crippen LogP contribution < -0.4 is 23.8 Å². The van der Waals surface area contributed by atoms with Crippen LogP contribution in [0.4, 0.5) is 5.69 Å². The number of rotatable bonds is 27. The van der Waals surface area contributed by atoms with E-state index in [9.17, 15) is 14.1 Å². The number of methoxy groups -OCH3 is 2. The molecule has 280 valence electrons. The van der Waals surface area contributed by atoms with Gasteiger partial charge in [-0.05, 0) is 60.4 Å². The predicted molar refractivity (Wildman–Crippen MR) is 201 cm³/mol. The molecule has 3 aromatic carbocycles. The van der Waals surface area contributed by atoms with Crippen molar-refractivity contribution in [1.82, 2.24) is 0 Å². The van der Waals surface area contributed by atoms with E-state index in [0.717, 1.165) is 36.5 Å². The van der Waals surface area contributed by atoms with Gasteiger partial charge in [-0.25, -0.2) is 0 Å². The van der Waals surface area contributed by atoms with E-state index in [-0.39, 0.29) is 13.1 Å². The van der Waals surface area contributed by atoms with Gasteiger partial charge in [-0.2, -0.15) is 0 Å². The number of carbonyl (C=O) groups excluding carboxylic acids is 2. The number of esters is 2. The van der Waals surface area contributed by atoms with Crippen LogP contribution in [-0.4, -0.2) is 76.5 Å². The van der Waals surface area contributed by atoms with Crippen LogP contribution in [0.3, 0.4) is 0 Å². The Morgan fingerprint density at radius 3 is 1.41 bits per heavy atom. The largest absolute Gasteiger partial charge is 0.612 e. The molecule has 0 bridgehead atoms. The SMILES string of the molecule is COC(=O)CN(CC(=O)OC)c1cc(OCCCCCCCCCCCCOc2ccccc2)cc(OCCCOc2ccc([S+](C)[O-])cc2)c1. The number of ether oxygens (including phenoxy) is 6. The van der Waals surface area contributed by atoms with E-state index in [0.29, 0.717) is 49.2 Å². The summed E-state index contributed by atoms with van der Waals surface area (Å²) in [4.78, 5) is 26.7. The van der Waals surface area contributed by atoms with E-state index in [1.165, 1.54) is 59.2 Å².